The highest BCUT2D eigenvalue weighted by Crippen LogP contribution is 2.21. The number of nitrogen functional groups attached to an aromatic ring is 1. The van der Waals surface area contributed by atoms with Crippen molar-refractivity contribution in [3.63, 3.8) is 0 Å². The van der Waals surface area contributed by atoms with Crippen LogP contribution in [0.25, 0.3) is 0 Å². The van der Waals surface area contributed by atoms with Crippen molar-refractivity contribution in [1.82, 2.24) is 9.78 Å². The van der Waals surface area contributed by atoms with Gasteiger partial charge in [-0.15, -0.1) is 0 Å². The van der Waals surface area contributed by atoms with Crippen LogP contribution in [-0.4, -0.2) is 15.7 Å². The molecule has 0 aliphatic heterocycles. The van der Waals surface area contributed by atoms with E-state index in [9.17, 15) is 4.79 Å². The molecule has 17 heavy (non-hydrogen) atoms. The Morgan fingerprint density at radius 2 is 2.18 bits per heavy atom. The van der Waals surface area contributed by atoms with Gasteiger partial charge in [0.1, 0.15) is 0 Å². The molecule has 0 saturated carbocycles. The maximum Gasteiger partial charge on any atom is 0.250 e. The zero-order chi connectivity index (χ0) is 12.4. The average Bonchev–Trinajstić information content (AvgIpc) is 2.66. The molecule has 0 bridgehead atoms. The monoisotopic (exact) mass is 231 g/mol. The molecule has 5 N–H and O–H groups in total. The van der Waals surface area contributed by atoms with Crippen LogP contribution in [0.2, 0.25) is 0 Å². The number of amides is 1. The van der Waals surface area contributed by atoms with Crippen molar-refractivity contribution in [3.05, 3.63) is 36.0 Å². The van der Waals surface area contributed by atoms with E-state index in [1.807, 2.05) is 7.05 Å². The molecular formula is C11H13N5O. The van der Waals surface area contributed by atoms with Crippen molar-refractivity contribution in [3.8, 4) is 0 Å². The van der Waals surface area contributed by atoms with Gasteiger partial charge in [0.05, 0.1) is 11.3 Å². The molecule has 2 rings (SSSR count). The highest BCUT2D eigenvalue weighted by atomic mass is 16.1. The summed E-state index contributed by atoms with van der Waals surface area (Å²) in [6, 6.07) is 6.72. The Balaban J connectivity index is 2.35. The third-order valence-corrected chi connectivity index (χ3v) is 2.29. The molecule has 0 radical (unpaired) electrons. The summed E-state index contributed by atoms with van der Waals surface area (Å²) in [5.74, 6) is 0.107. The van der Waals surface area contributed by atoms with Gasteiger partial charge in [-0.1, -0.05) is 0 Å². The highest BCUT2D eigenvalue weighted by molar-refractivity contribution is 6.00. The maximum absolute atomic E-state index is 11.3. The van der Waals surface area contributed by atoms with Crippen LogP contribution in [-0.2, 0) is 7.05 Å². The smallest absolute Gasteiger partial charge is 0.250 e. The van der Waals surface area contributed by atoms with E-state index in [2.05, 4.69) is 10.4 Å². The van der Waals surface area contributed by atoms with Crippen molar-refractivity contribution in [2.45, 2.75) is 0 Å². The van der Waals surface area contributed by atoms with Crippen molar-refractivity contribution >= 4 is 23.1 Å². The Kier molecular flexibility index (Phi) is 2.70. The van der Waals surface area contributed by atoms with Gasteiger partial charge in [0, 0.05) is 25.0 Å². The molecule has 0 spiro atoms. The summed E-state index contributed by atoms with van der Waals surface area (Å²) in [6.07, 6.45) is 1.80. The fraction of sp³-hybridized carbons (Fsp3) is 0.0909. The molecule has 88 valence electrons. The van der Waals surface area contributed by atoms with Crippen LogP contribution in [0.1, 0.15) is 10.4 Å². The Labute approximate surface area is 98.2 Å². The predicted molar refractivity (Wildman–Crippen MR) is 65.9 cm³/mol. The predicted octanol–water partition coefficient (Wildman–Crippen LogP) is 0.845. The number of carbonyl (C=O) groups is 1. The van der Waals surface area contributed by atoms with Crippen LogP contribution in [0.5, 0.6) is 0 Å². The first-order valence-electron chi connectivity index (χ1n) is 5.02. The molecule has 2 aromatic rings. The number of benzene rings is 1. The van der Waals surface area contributed by atoms with Crippen LogP contribution in [0.15, 0.2) is 30.5 Å². The molecular weight excluding hydrogens is 218 g/mol. The molecule has 0 unspecified atom stereocenters. The Hall–Kier alpha value is -2.50. The fourth-order valence-electron chi connectivity index (χ4n) is 1.49. The number of nitrogens with zero attached hydrogens (tertiary/aromatic N) is 2. The number of nitrogens with two attached hydrogens (primary N) is 2. The lowest BCUT2D eigenvalue weighted by Crippen LogP contribution is -2.13. The van der Waals surface area contributed by atoms with E-state index in [4.69, 9.17) is 11.5 Å². The van der Waals surface area contributed by atoms with Gasteiger partial charge in [0.2, 0.25) is 0 Å². The van der Waals surface area contributed by atoms with Gasteiger partial charge in [-0.3, -0.25) is 9.48 Å². The van der Waals surface area contributed by atoms with Gasteiger partial charge in [-0.05, 0) is 18.2 Å². The topological polar surface area (TPSA) is 99.0 Å². The van der Waals surface area contributed by atoms with Gasteiger partial charge in [-0.2, -0.15) is 5.10 Å². The average molecular weight is 231 g/mol. The van der Waals surface area contributed by atoms with E-state index in [1.165, 1.54) is 6.07 Å². The van der Waals surface area contributed by atoms with E-state index < -0.39 is 5.91 Å². The molecule has 6 heteroatoms. The van der Waals surface area contributed by atoms with Gasteiger partial charge in [0.25, 0.3) is 5.91 Å². The lowest BCUT2D eigenvalue weighted by molar-refractivity contribution is 0.100. The van der Waals surface area contributed by atoms with Crippen molar-refractivity contribution in [2.75, 3.05) is 11.1 Å². The van der Waals surface area contributed by atoms with Crippen LogP contribution < -0.4 is 16.8 Å². The zero-order valence-corrected chi connectivity index (χ0v) is 9.34. The normalized spacial score (nSPS) is 10.2. The minimum atomic E-state index is -0.532. The molecule has 1 heterocycles. The summed E-state index contributed by atoms with van der Waals surface area (Å²) in [7, 11) is 1.81. The summed E-state index contributed by atoms with van der Waals surface area (Å²) in [6.45, 7) is 0. The molecule has 0 aliphatic rings. The summed E-state index contributed by atoms with van der Waals surface area (Å²) in [5.41, 5.74) is 12.3. The van der Waals surface area contributed by atoms with E-state index >= 15 is 0 Å². The number of aryl methyl sites for hydroxylation is 1. The lowest BCUT2D eigenvalue weighted by Gasteiger charge is -2.08. The first-order chi connectivity index (χ1) is 8.06. The Morgan fingerprint density at radius 1 is 1.41 bits per heavy atom. The Morgan fingerprint density at radius 3 is 2.76 bits per heavy atom. The third-order valence-electron chi connectivity index (χ3n) is 2.29. The Bertz CT molecular complexity index is 561. The van der Waals surface area contributed by atoms with Gasteiger partial charge in [0.15, 0.2) is 5.82 Å². The quantitative estimate of drug-likeness (QED) is 0.682. The number of carbonyl (C=O) groups excluding carboxylic acids is 1. The zero-order valence-electron chi connectivity index (χ0n) is 9.34. The van der Waals surface area contributed by atoms with Crippen molar-refractivity contribution in [1.29, 1.82) is 0 Å². The van der Waals surface area contributed by atoms with E-state index in [0.717, 1.165) is 0 Å². The van der Waals surface area contributed by atoms with Crippen LogP contribution in [0.3, 0.4) is 0 Å². The maximum atomic E-state index is 11.3. The number of nitrogens with one attached hydrogen (secondary N) is 1. The minimum Gasteiger partial charge on any atom is -0.399 e. The molecule has 0 fully saturated rings. The van der Waals surface area contributed by atoms with Crippen molar-refractivity contribution in [2.24, 2.45) is 12.8 Å². The highest BCUT2D eigenvalue weighted by Gasteiger charge is 2.09. The van der Waals surface area contributed by atoms with Crippen molar-refractivity contribution < 1.29 is 4.79 Å². The van der Waals surface area contributed by atoms with Gasteiger partial charge >= 0.3 is 0 Å². The first kappa shape index (κ1) is 11.0. The van der Waals surface area contributed by atoms with E-state index in [-0.39, 0.29) is 0 Å². The number of hydrogen-bond acceptors (Lipinski definition) is 4. The number of aromatic nitrogens is 2. The number of hydrogen-bond donors (Lipinski definition) is 3. The van der Waals surface area contributed by atoms with Crippen LogP contribution in [0.4, 0.5) is 17.2 Å². The number of anilines is 3. The van der Waals surface area contributed by atoms with Crippen LogP contribution >= 0.6 is 0 Å². The molecule has 0 aliphatic carbocycles. The third kappa shape index (κ3) is 2.36. The second-order valence-corrected chi connectivity index (χ2v) is 3.67. The summed E-state index contributed by atoms with van der Waals surface area (Å²) >= 11 is 0. The molecule has 1 aromatic heterocycles. The SMILES string of the molecule is Cn1ccc(Nc2ccc(N)cc2C(N)=O)n1. The summed E-state index contributed by atoms with van der Waals surface area (Å²) < 4.78 is 1.66. The summed E-state index contributed by atoms with van der Waals surface area (Å²) in [4.78, 5) is 11.3. The van der Waals surface area contributed by atoms with Crippen LogP contribution in [0, 0.1) is 0 Å². The number of rotatable bonds is 3. The fourth-order valence-corrected chi connectivity index (χ4v) is 1.49. The minimum absolute atomic E-state index is 0.343. The standard InChI is InChI=1S/C11H13N5O/c1-16-5-4-10(15-16)14-9-3-2-7(12)6-8(9)11(13)17/h2-6H,12H2,1H3,(H2,13,17)(H,14,15). The largest absolute Gasteiger partial charge is 0.399 e. The molecule has 6 nitrogen and oxygen atoms in total. The van der Waals surface area contributed by atoms with E-state index in [1.54, 1.807) is 29.1 Å². The van der Waals surface area contributed by atoms with E-state index in [0.29, 0.717) is 22.8 Å². The molecule has 0 saturated heterocycles. The van der Waals surface area contributed by atoms with Gasteiger partial charge in [-0.25, -0.2) is 0 Å². The van der Waals surface area contributed by atoms with Gasteiger partial charge < -0.3 is 16.8 Å². The number of primary amides is 1. The second kappa shape index (κ2) is 4.17. The molecule has 0 atom stereocenters. The lowest BCUT2D eigenvalue weighted by atomic mass is 10.1. The second-order valence-electron chi connectivity index (χ2n) is 3.67. The molecule has 1 aromatic carbocycles. The summed E-state index contributed by atoms with van der Waals surface area (Å²) in [5, 5.41) is 7.16. The molecule has 1 amide bonds. The first-order valence-corrected chi connectivity index (χ1v) is 5.02.